The summed E-state index contributed by atoms with van der Waals surface area (Å²) < 4.78 is 13.9. The maximum Gasteiger partial charge on any atom is 0.225 e. The first-order valence-electron chi connectivity index (χ1n) is 11.0. The summed E-state index contributed by atoms with van der Waals surface area (Å²) in [6, 6.07) is 12.1. The molecule has 3 aromatic heterocycles. The highest BCUT2D eigenvalue weighted by atomic mass is 32.2. The van der Waals surface area contributed by atoms with Crippen LogP contribution >= 0.6 is 11.3 Å². The molecule has 2 aliphatic rings. The molecular weight excluding hydrogens is 454 g/mol. The number of aromatic nitrogens is 3. The monoisotopic (exact) mass is 477 g/mol. The van der Waals surface area contributed by atoms with E-state index >= 15 is 0 Å². The average Bonchev–Trinajstić information content (AvgIpc) is 3.12. The molecule has 1 saturated carbocycles. The number of benzene rings is 1. The Labute approximate surface area is 197 Å². The van der Waals surface area contributed by atoms with Gasteiger partial charge in [0.05, 0.1) is 28.3 Å². The standard InChI is InChI=1S/C24H23N5O2S2/c25-21-20-18(14-5-2-1-3-6-14)9-19(15-10-26-24(27-11-15)29-12-16(30)13-29)28-22(20)32-23(21)33(31)17-7-4-8-17/h1-3,5-6,9-11,16-17,30H,4,7-8,12-13,25H2. The topological polar surface area (TPSA) is 105 Å². The molecule has 0 radical (unpaired) electrons. The van der Waals surface area contributed by atoms with Crippen molar-refractivity contribution in [2.45, 2.75) is 34.8 Å². The maximum atomic E-state index is 13.1. The summed E-state index contributed by atoms with van der Waals surface area (Å²) in [5, 5.41) is 10.6. The highest BCUT2D eigenvalue weighted by Gasteiger charge is 2.30. The van der Waals surface area contributed by atoms with Crippen molar-refractivity contribution in [1.82, 2.24) is 15.0 Å². The van der Waals surface area contributed by atoms with Crippen LogP contribution in [-0.2, 0) is 10.8 Å². The van der Waals surface area contributed by atoms with Crippen LogP contribution in [0.1, 0.15) is 19.3 Å². The van der Waals surface area contributed by atoms with Crippen LogP contribution in [0.4, 0.5) is 11.6 Å². The molecule has 1 aliphatic heterocycles. The number of thiophene rings is 1. The Hall–Kier alpha value is -2.88. The fourth-order valence-corrected chi connectivity index (χ4v) is 7.43. The van der Waals surface area contributed by atoms with Crippen LogP contribution in [0.2, 0.25) is 0 Å². The number of nitrogens with two attached hydrogens (primary N) is 1. The number of nitrogen functional groups attached to an aromatic ring is 1. The molecule has 1 aromatic carbocycles. The molecule has 1 saturated heterocycles. The van der Waals surface area contributed by atoms with Gasteiger partial charge in [0.2, 0.25) is 5.95 Å². The zero-order chi connectivity index (χ0) is 22.5. The highest BCUT2D eigenvalue weighted by Crippen LogP contribution is 2.44. The molecule has 3 N–H and O–H groups in total. The Morgan fingerprint density at radius 2 is 1.82 bits per heavy atom. The summed E-state index contributed by atoms with van der Waals surface area (Å²) in [6.07, 6.45) is 6.32. The maximum absolute atomic E-state index is 13.1. The number of hydrogen-bond donors (Lipinski definition) is 2. The van der Waals surface area contributed by atoms with Crippen molar-refractivity contribution in [2.75, 3.05) is 23.7 Å². The number of pyridine rings is 1. The second kappa shape index (κ2) is 8.16. The lowest BCUT2D eigenvalue weighted by Gasteiger charge is -2.35. The van der Waals surface area contributed by atoms with Gasteiger partial charge in [-0.1, -0.05) is 36.8 Å². The van der Waals surface area contributed by atoms with Crippen LogP contribution in [-0.4, -0.2) is 48.7 Å². The first kappa shape index (κ1) is 20.7. The number of β-amino-alcohol motifs (C(OH)–C–C–N with tert-alkyl or cyclic N) is 1. The molecule has 1 aliphatic carbocycles. The van der Waals surface area contributed by atoms with Gasteiger partial charge in [0.15, 0.2) is 0 Å². The lowest BCUT2D eigenvalue weighted by atomic mass is 10.00. The first-order valence-corrected chi connectivity index (χ1v) is 13.1. The third-order valence-electron chi connectivity index (χ3n) is 6.37. The quantitative estimate of drug-likeness (QED) is 0.450. The minimum absolute atomic E-state index is 0.195. The number of nitrogens with zero attached hydrogens (tertiary/aromatic N) is 4. The molecule has 4 aromatic rings. The van der Waals surface area contributed by atoms with Crippen LogP contribution < -0.4 is 10.6 Å². The van der Waals surface area contributed by atoms with Crippen LogP contribution in [0.3, 0.4) is 0 Å². The van der Waals surface area contributed by atoms with Crippen molar-refractivity contribution in [3.8, 4) is 22.4 Å². The highest BCUT2D eigenvalue weighted by molar-refractivity contribution is 7.88. The van der Waals surface area contributed by atoms with Gasteiger partial charge < -0.3 is 15.7 Å². The molecule has 4 heterocycles. The number of hydrogen-bond acceptors (Lipinski definition) is 8. The largest absolute Gasteiger partial charge is 0.396 e. The smallest absolute Gasteiger partial charge is 0.225 e. The van der Waals surface area contributed by atoms with Crippen LogP contribution in [0.5, 0.6) is 0 Å². The van der Waals surface area contributed by atoms with Crippen molar-refractivity contribution < 1.29 is 9.32 Å². The number of anilines is 2. The fraction of sp³-hybridized carbons (Fsp3) is 0.292. The van der Waals surface area contributed by atoms with Crippen LogP contribution in [0.25, 0.3) is 32.6 Å². The molecule has 2 fully saturated rings. The number of aliphatic hydroxyl groups excluding tert-OH is 1. The normalized spacial score (nSPS) is 17.7. The number of fused-ring (bicyclic) bond motifs is 1. The minimum atomic E-state index is -1.10. The van der Waals surface area contributed by atoms with E-state index in [1.807, 2.05) is 41.3 Å². The summed E-state index contributed by atoms with van der Waals surface area (Å²) >= 11 is 1.44. The van der Waals surface area contributed by atoms with E-state index in [0.717, 1.165) is 56.1 Å². The summed E-state index contributed by atoms with van der Waals surface area (Å²) in [6.45, 7) is 1.11. The van der Waals surface area contributed by atoms with Crippen LogP contribution in [0.15, 0.2) is 53.0 Å². The van der Waals surface area contributed by atoms with Crippen molar-refractivity contribution in [1.29, 1.82) is 0 Å². The summed E-state index contributed by atoms with van der Waals surface area (Å²) in [4.78, 5) is 16.6. The number of aliphatic hydroxyl groups is 1. The molecule has 0 spiro atoms. The van der Waals surface area contributed by atoms with E-state index in [2.05, 4.69) is 9.97 Å². The van der Waals surface area contributed by atoms with Gasteiger partial charge in [0, 0.05) is 41.7 Å². The van der Waals surface area contributed by atoms with Gasteiger partial charge in [0.25, 0.3) is 0 Å². The van der Waals surface area contributed by atoms with E-state index in [1.54, 1.807) is 12.4 Å². The fourth-order valence-electron chi connectivity index (χ4n) is 4.22. The van der Waals surface area contributed by atoms with Gasteiger partial charge in [0.1, 0.15) is 9.04 Å². The SMILES string of the molecule is Nc1c(S(=O)C2CCC2)sc2nc(-c3cnc(N4CC(O)C4)nc3)cc(-c3ccccc3)c12. The van der Waals surface area contributed by atoms with E-state index in [-0.39, 0.29) is 11.4 Å². The van der Waals surface area contributed by atoms with Gasteiger partial charge in [-0.3, -0.25) is 4.21 Å². The lowest BCUT2D eigenvalue weighted by molar-refractivity contribution is 0.140. The third-order valence-corrected chi connectivity index (χ3v) is 9.67. The molecule has 1 atom stereocenters. The predicted molar refractivity (Wildman–Crippen MR) is 133 cm³/mol. The van der Waals surface area contributed by atoms with Crippen molar-refractivity contribution in [3.05, 3.63) is 48.8 Å². The molecule has 1 unspecified atom stereocenters. The molecule has 168 valence electrons. The summed E-state index contributed by atoms with van der Waals surface area (Å²) in [5.74, 6) is 0.604. The van der Waals surface area contributed by atoms with Crippen molar-refractivity contribution >= 4 is 44.0 Å². The van der Waals surface area contributed by atoms with Gasteiger partial charge in [-0.2, -0.15) is 0 Å². The van der Waals surface area contributed by atoms with Crippen molar-refractivity contribution in [2.24, 2.45) is 0 Å². The Morgan fingerprint density at radius 1 is 1.09 bits per heavy atom. The minimum Gasteiger partial charge on any atom is -0.396 e. The average molecular weight is 478 g/mol. The van der Waals surface area contributed by atoms with Gasteiger partial charge in [-0.05, 0) is 30.0 Å². The number of rotatable bonds is 5. The Bertz CT molecular complexity index is 1350. The lowest BCUT2D eigenvalue weighted by Crippen LogP contribution is -2.51. The molecule has 9 heteroatoms. The zero-order valence-electron chi connectivity index (χ0n) is 17.8. The Balaban J connectivity index is 1.47. The van der Waals surface area contributed by atoms with Gasteiger partial charge in [-0.15, -0.1) is 11.3 Å². The van der Waals surface area contributed by atoms with Gasteiger partial charge >= 0.3 is 0 Å². The molecule has 7 nitrogen and oxygen atoms in total. The second-order valence-corrected chi connectivity index (χ2v) is 11.5. The Kier molecular flexibility index (Phi) is 5.12. The molecule has 0 amide bonds. The molecular formula is C24H23N5O2S2. The summed E-state index contributed by atoms with van der Waals surface area (Å²) in [5.41, 5.74) is 10.7. The van der Waals surface area contributed by atoms with E-state index in [9.17, 15) is 9.32 Å². The Morgan fingerprint density at radius 3 is 2.45 bits per heavy atom. The van der Waals surface area contributed by atoms with Crippen molar-refractivity contribution in [3.63, 3.8) is 0 Å². The van der Waals surface area contributed by atoms with E-state index in [4.69, 9.17) is 10.7 Å². The third kappa shape index (κ3) is 3.60. The van der Waals surface area contributed by atoms with Crippen LogP contribution in [0, 0.1) is 0 Å². The van der Waals surface area contributed by atoms with E-state index in [0.29, 0.717) is 24.7 Å². The molecule has 33 heavy (non-hydrogen) atoms. The second-order valence-electron chi connectivity index (χ2n) is 8.59. The van der Waals surface area contributed by atoms with Gasteiger partial charge in [-0.25, -0.2) is 15.0 Å². The van der Waals surface area contributed by atoms with E-state index in [1.165, 1.54) is 11.3 Å². The molecule has 6 rings (SSSR count). The first-order chi connectivity index (χ1) is 16.1. The zero-order valence-corrected chi connectivity index (χ0v) is 19.5. The van der Waals surface area contributed by atoms with E-state index < -0.39 is 10.8 Å². The predicted octanol–water partition coefficient (Wildman–Crippen LogP) is 3.84. The molecule has 0 bridgehead atoms. The summed E-state index contributed by atoms with van der Waals surface area (Å²) in [7, 11) is -1.10.